The van der Waals surface area contributed by atoms with Crippen LogP contribution in [0.2, 0.25) is 0 Å². The summed E-state index contributed by atoms with van der Waals surface area (Å²) in [6.07, 6.45) is 0. The molecule has 7 heteroatoms. The van der Waals surface area contributed by atoms with Gasteiger partial charge in [0, 0.05) is 11.8 Å². The molecule has 6 nitrogen and oxygen atoms in total. The molecule has 0 atom stereocenters. The third-order valence-electron chi connectivity index (χ3n) is 2.92. The van der Waals surface area contributed by atoms with E-state index < -0.39 is 10.8 Å². The maximum Gasteiger partial charge on any atom is 0.293 e. The first-order chi connectivity index (χ1) is 10.5. The van der Waals surface area contributed by atoms with Crippen LogP contribution in [-0.2, 0) is 4.79 Å². The van der Waals surface area contributed by atoms with E-state index in [9.17, 15) is 19.3 Å². The normalized spacial score (nSPS) is 10.1. The predicted molar refractivity (Wildman–Crippen MR) is 81.4 cm³/mol. The predicted octanol–water partition coefficient (Wildman–Crippen LogP) is 3.09. The van der Waals surface area contributed by atoms with E-state index in [4.69, 9.17) is 0 Å². The van der Waals surface area contributed by atoms with E-state index in [2.05, 4.69) is 10.6 Å². The number of nitrogens with one attached hydrogen (secondary N) is 2. The molecular formula is C15H14FN3O3. The third-order valence-corrected chi connectivity index (χ3v) is 2.92. The first-order valence-corrected chi connectivity index (χ1v) is 6.50. The Kier molecular flexibility index (Phi) is 4.67. The van der Waals surface area contributed by atoms with Crippen molar-refractivity contribution in [3.8, 4) is 0 Å². The molecule has 0 bridgehead atoms. The van der Waals surface area contributed by atoms with Crippen molar-refractivity contribution in [2.24, 2.45) is 0 Å². The molecule has 0 fully saturated rings. The molecule has 0 spiro atoms. The molecule has 0 saturated heterocycles. The van der Waals surface area contributed by atoms with E-state index in [1.165, 1.54) is 36.4 Å². The fourth-order valence-corrected chi connectivity index (χ4v) is 1.84. The van der Waals surface area contributed by atoms with Crippen molar-refractivity contribution in [3.05, 3.63) is 64.0 Å². The smallest absolute Gasteiger partial charge is 0.293 e. The minimum Gasteiger partial charge on any atom is -0.376 e. The summed E-state index contributed by atoms with van der Waals surface area (Å²) in [6, 6.07) is 10.1. The average molecular weight is 303 g/mol. The van der Waals surface area contributed by atoms with Crippen LogP contribution < -0.4 is 10.6 Å². The molecule has 0 radical (unpaired) electrons. The van der Waals surface area contributed by atoms with Crippen LogP contribution in [0.4, 0.5) is 21.5 Å². The molecule has 2 aromatic rings. The number of hydrogen-bond donors (Lipinski definition) is 2. The van der Waals surface area contributed by atoms with Gasteiger partial charge in [-0.3, -0.25) is 14.9 Å². The molecule has 22 heavy (non-hydrogen) atoms. The van der Waals surface area contributed by atoms with Crippen LogP contribution in [0.1, 0.15) is 5.56 Å². The van der Waals surface area contributed by atoms with Gasteiger partial charge in [-0.1, -0.05) is 6.07 Å². The van der Waals surface area contributed by atoms with Crippen molar-refractivity contribution in [1.82, 2.24) is 0 Å². The Balaban J connectivity index is 2.00. The highest BCUT2D eigenvalue weighted by Gasteiger charge is 2.15. The van der Waals surface area contributed by atoms with Gasteiger partial charge in [-0.15, -0.1) is 0 Å². The molecule has 2 aromatic carbocycles. The van der Waals surface area contributed by atoms with Crippen molar-refractivity contribution < 1.29 is 14.1 Å². The van der Waals surface area contributed by atoms with Gasteiger partial charge in [0.25, 0.3) is 5.69 Å². The zero-order chi connectivity index (χ0) is 16.1. The summed E-state index contributed by atoms with van der Waals surface area (Å²) in [7, 11) is 0. The number of amides is 1. The minimum absolute atomic E-state index is 0.0866. The number of benzene rings is 2. The summed E-state index contributed by atoms with van der Waals surface area (Å²) in [5.74, 6) is -0.804. The number of halogens is 1. The highest BCUT2D eigenvalue weighted by Crippen LogP contribution is 2.25. The topological polar surface area (TPSA) is 84.3 Å². The fourth-order valence-electron chi connectivity index (χ4n) is 1.84. The number of carbonyl (C=O) groups excluding carboxylic acids is 1. The van der Waals surface area contributed by atoms with Crippen molar-refractivity contribution >= 4 is 23.0 Å². The van der Waals surface area contributed by atoms with Gasteiger partial charge in [-0.2, -0.15) is 0 Å². The van der Waals surface area contributed by atoms with Gasteiger partial charge in [-0.25, -0.2) is 4.39 Å². The Morgan fingerprint density at radius 1 is 1.23 bits per heavy atom. The highest BCUT2D eigenvalue weighted by atomic mass is 19.1. The Morgan fingerprint density at radius 3 is 2.55 bits per heavy atom. The number of nitrogens with zero attached hydrogens (tertiary/aromatic N) is 1. The Bertz CT molecular complexity index is 702. The third kappa shape index (κ3) is 4.02. The van der Waals surface area contributed by atoms with E-state index in [-0.39, 0.29) is 23.7 Å². The summed E-state index contributed by atoms with van der Waals surface area (Å²) in [5, 5.41) is 16.3. The summed E-state index contributed by atoms with van der Waals surface area (Å²) >= 11 is 0. The van der Waals surface area contributed by atoms with Gasteiger partial charge in [0.1, 0.15) is 11.5 Å². The van der Waals surface area contributed by atoms with Gasteiger partial charge in [0.2, 0.25) is 5.91 Å². The zero-order valence-electron chi connectivity index (χ0n) is 11.8. The van der Waals surface area contributed by atoms with Crippen LogP contribution in [0.15, 0.2) is 42.5 Å². The average Bonchev–Trinajstić information content (AvgIpc) is 2.48. The van der Waals surface area contributed by atoms with Gasteiger partial charge in [0.05, 0.1) is 11.5 Å². The van der Waals surface area contributed by atoms with Crippen LogP contribution in [0.25, 0.3) is 0 Å². The first kappa shape index (κ1) is 15.4. The summed E-state index contributed by atoms with van der Waals surface area (Å²) < 4.78 is 12.8. The van der Waals surface area contributed by atoms with Gasteiger partial charge in [0.15, 0.2) is 0 Å². The lowest BCUT2D eigenvalue weighted by Gasteiger charge is -2.08. The maximum atomic E-state index is 12.8. The van der Waals surface area contributed by atoms with Crippen molar-refractivity contribution in [2.45, 2.75) is 6.92 Å². The maximum absolute atomic E-state index is 12.8. The lowest BCUT2D eigenvalue weighted by molar-refractivity contribution is -0.384. The number of nitro groups is 1. The molecule has 0 aliphatic heterocycles. The summed E-state index contributed by atoms with van der Waals surface area (Å²) in [6.45, 7) is 1.64. The SMILES string of the molecule is Cc1ccc(NC(=O)CNc2ccc(F)cc2)c([N+](=O)[O-])c1. The molecular weight excluding hydrogens is 289 g/mol. The number of nitro benzene ring substituents is 1. The first-order valence-electron chi connectivity index (χ1n) is 6.50. The standard InChI is InChI=1S/C15H14FN3O3/c1-10-2-7-13(14(8-10)19(21)22)18-15(20)9-17-12-5-3-11(16)4-6-12/h2-8,17H,9H2,1H3,(H,18,20). The van der Waals surface area contributed by atoms with Crippen LogP contribution in [0.5, 0.6) is 0 Å². The quantitative estimate of drug-likeness (QED) is 0.656. The highest BCUT2D eigenvalue weighted by molar-refractivity contribution is 5.95. The monoisotopic (exact) mass is 303 g/mol. The second kappa shape index (κ2) is 6.66. The molecule has 1 amide bonds. The molecule has 2 rings (SSSR count). The second-order valence-corrected chi connectivity index (χ2v) is 4.69. The fraction of sp³-hybridized carbons (Fsp3) is 0.133. The molecule has 0 aliphatic carbocycles. The van der Waals surface area contributed by atoms with Crippen molar-refractivity contribution in [1.29, 1.82) is 0 Å². The largest absolute Gasteiger partial charge is 0.376 e. The number of anilines is 2. The van der Waals surface area contributed by atoms with E-state index in [1.54, 1.807) is 13.0 Å². The molecule has 0 aliphatic rings. The van der Waals surface area contributed by atoms with Crippen LogP contribution in [0.3, 0.4) is 0 Å². The molecule has 2 N–H and O–H groups in total. The minimum atomic E-state index is -0.546. The molecule has 0 saturated carbocycles. The van der Waals surface area contributed by atoms with E-state index in [1.807, 2.05) is 0 Å². The summed E-state index contributed by atoms with van der Waals surface area (Å²) in [5.41, 5.74) is 1.29. The Labute approximate surface area is 126 Å². The summed E-state index contributed by atoms with van der Waals surface area (Å²) in [4.78, 5) is 22.3. The van der Waals surface area contributed by atoms with Crippen LogP contribution in [0, 0.1) is 22.9 Å². The van der Waals surface area contributed by atoms with E-state index in [0.29, 0.717) is 5.69 Å². The van der Waals surface area contributed by atoms with Crippen LogP contribution >= 0.6 is 0 Å². The van der Waals surface area contributed by atoms with Crippen molar-refractivity contribution in [3.63, 3.8) is 0 Å². The van der Waals surface area contributed by atoms with Crippen molar-refractivity contribution in [2.75, 3.05) is 17.2 Å². The second-order valence-electron chi connectivity index (χ2n) is 4.69. The van der Waals surface area contributed by atoms with E-state index in [0.717, 1.165) is 5.56 Å². The number of rotatable bonds is 5. The molecule has 0 unspecified atom stereocenters. The molecule has 0 heterocycles. The number of carbonyl (C=O) groups is 1. The molecule has 114 valence electrons. The van der Waals surface area contributed by atoms with Gasteiger partial charge in [-0.05, 0) is 42.8 Å². The van der Waals surface area contributed by atoms with Crippen LogP contribution in [-0.4, -0.2) is 17.4 Å². The van der Waals surface area contributed by atoms with E-state index >= 15 is 0 Å². The molecule has 0 aromatic heterocycles. The number of hydrogen-bond acceptors (Lipinski definition) is 4. The number of aryl methyl sites for hydroxylation is 1. The van der Waals surface area contributed by atoms with Gasteiger partial charge >= 0.3 is 0 Å². The van der Waals surface area contributed by atoms with Gasteiger partial charge < -0.3 is 10.6 Å². The lowest BCUT2D eigenvalue weighted by atomic mass is 10.2. The Morgan fingerprint density at radius 2 is 1.91 bits per heavy atom. The zero-order valence-corrected chi connectivity index (χ0v) is 11.8. The Hall–Kier alpha value is -2.96. The lowest BCUT2D eigenvalue weighted by Crippen LogP contribution is -2.22.